The van der Waals surface area contributed by atoms with Gasteiger partial charge in [-0.2, -0.15) is 0 Å². The molecule has 5 aliphatic heterocycles. The molecular weight excluding hydrogens is 515 g/mol. The maximum Gasteiger partial charge on any atom is 0.254 e. The van der Waals surface area contributed by atoms with Crippen molar-refractivity contribution in [3.05, 3.63) is 35.6 Å². The molecule has 0 saturated carbocycles. The average Bonchev–Trinajstić information content (AvgIpc) is 3.60. The lowest BCUT2D eigenvalue weighted by atomic mass is 9.99. The summed E-state index contributed by atoms with van der Waals surface area (Å²) in [6.07, 6.45) is 4.93. The highest BCUT2D eigenvalue weighted by molar-refractivity contribution is 5.98. The quantitative estimate of drug-likeness (QED) is 0.559. The molecule has 2 N–H and O–H groups in total. The molecule has 1 aromatic rings. The minimum absolute atomic E-state index is 0.0648. The predicted octanol–water partition coefficient (Wildman–Crippen LogP) is 0.821. The number of carbonyl (C=O) groups excluding carboxylic acids is 4. The van der Waals surface area contributed by atoms with Crippen molar-refractivity contribution in [2.24, 2.45) is 0 Å². The molecule has 6 rings (SSSR count). The molecule has 4 bridgehead atoms. The predicted molar refractivity (Wildman–Crippen MR) is 147 cm³/mol. The second-order valence-corrected chi connectivity index (χ2v) is 11.8. The number of benzene rings is 1. The molecule has 5 heterocycles. The molecule has 5 saturated heterocycles. The van der Waals surface area contributed by atoms with Gasteiger partial charge in [-0.05, 0) is 89.9 Å². The number of hydrogen-bond acceptors (Lipinski definition) is 6. The van der Waals surface area contributed by atoms with E-state index in [9.17, 15) is 23.6 Å². The smallest absolute Gasteiger partial charge is 0.254 e. The Morgan fingerprint density at radius 1 is 0.925 bits per heavy atom. The van der Waals surface area contributed by atoms with Gasteiger partial charge in [-0.15, -0.1) is 0 Å². The van der Waals surface area contributed by atoms with Crippen LogP contribution in [0.2, 0.25) is 0 Å². The van der Waals surface area contributed by atoms with Gasteiger partial charge < -0.3 is 20.4 Å². The first-order valence-corrected chi connectivity index (χ1v) is 14.6. The fraction of sp³-hybridized carbons (Fsp3) is 0.655. The number of likely N-dealkylation sites (N-methyl/N-ethyl adjacent to an activating group) is 1. The van der Waals surface area contributed by atoms with Crippen LogP contribution in [0.1, 0.15) is 55.3 Å². The number of nitrogens with one attached hydrogen (secondary N) is 2. The third-order valence-corrected chi connectivity index (χ3v) is 9.01. The van der Waals surface area contributed by atoms with E-state index < -0.39 is 11.9 Å². The van der Waals surface area contributed by atoms with E-state index in [4.69, 9.17) is 0 Å². The van der Waals surface area contributed by atoms with Crippen molar-refractivity contribution in [1.29, 1.82) is 0 Å². The normalized spacial score (nSPS) is 30.6. The summed E-state index contributed by atoms with van der Waals surface area (Å²) < 4.78 is 13.5. The van der Waals surface area contributed by atoms with E-state index in [2.05, 4.69) is 15.5 Å². The highest BCUT2D eigenvalue weighted by atomic mass is 19.1. The van der Waals surface area contributed by atoms with Crippen LogP contribution in [-0.4, -0.2) is 120 Å². The monoisotopic (exact) mass is 556 g/mol. The molecule has 4 amide bonds. The third kappa shape index (κ3) is 6.00. The Labute approximate surface area is 235 Å². The molecule has 0 spiro atoms. The van der Waals surface area contributed by atoms with Crippen LogP contribution in [0, 0.1) is 5.82 Å². The number of likely N-dealkylation sites (tertiary alicyclic amines) is 1. The van der Waals surface area contributed by atoms with E-state index in [1.54, 1.807) is 0 Å². The SMILES string of the molecule is CN(C)[C@H]1CCCNC(=O)[C@@H]2C[C@H](CN2C(=O)c2ccc(F)cc2)NC(=O)[C@H]2CCCN2C2CCN(CC2)C1=O. The molecule has 40 heavy (non-hydrogen) atoms. The van der Waals surface area contributed by atoms with E-state index in [-0.39, 0.29) is 54.3 Å². The van der Waals surface area contributed by atoms with Crippen molar-refractivity contribution in [2.45, 2.75) is 75.2 Å². The number of rotatable bonds is 2. The molecule has 0 radical (unpaired) electrons. The zero-order chi connectivity index (χ0) is 28.4. The van der Waals surface area contributed by atoms with Crippen LogP contribution in [-0.2, 0) is 14.4 Å². The van der Waals surface area contributed by atoms with Gasteiger partial charge in [0.05, 0.1) is 12.1 Å². The summed E-state index contributed by atoms with van der Waals surface area (Å²) in [6, 6.07) is 3.90. The lowest BCUT2D eigenvalue weighted by Gasteiger charge is -2.40. The number of amides is 4. The van der Waals surface area contributed by atoms with E-state index in [0.29, 0.717) is 44.5 Å². The number of fused-ring (bicyclic) bond motifs is 9. The summed E-state index contributed by atoms with van der Waals surface area (Å²) in [5.41, 5.74) is 0.296. The Hall–Kier alpha value is -3.05. The third-order valence-electron chi connectivity index (χ3n) is 9.01. The summed E-state index contributed by atoms with van der Waals surface area (Å²) in [4.78, 5) is 61.4. The van der Waals surface area contributed by atoms with Crippen LogP contribution in [0.4, 0.5) is 4.39 Å². The Morgan fingerprint density at radius 3 is 2.35 bits per heavy atom. The van der Waals surface area contributed by atoms with Gasteiger partial charge in [-0.25, -0.2) is 4.39 Å². The van der Waals surface area contributed by atoms with Gasteiger partial charge in [0.25, 0.3) is 5.91 Å². The molecule has 1 aromatic carbocycles. The van der Waals surface area contributed by atoms with Gasteiger partial charge >= 0.3 is 0 Å². The summed E-state index contributed by atoms with van der Waals surface area (Å²) >= 11 is 0. The minimum Gasteiger partial charge on any atom is -0.354 e. The summed E-state index contributed by atoms with van der Waals surface area (Å²) in [5.74, 6) is -1.05. The van der Waals surface area contributed by atoms with Crippen molar-refractivity contribution >= 4 is 23.6 Å². The molecule has 0 aliphatic carbocycles. The molecule has 5 aliphatic rings. The molecule has 11 heteroatoms. The van der Waals surface area contributed by atoms with Crippen LogP contribution < -0.4 is 10.6 Å². The number of hydrogen-bond donors (Lipinski definition) is 2. The first kappa shape index (κ1) is 28.5. The first-order valence-electron chi connectivity index (χ1n) is 14.6. The highest BCUT2D eigenvalue weighted by Gasteiger charge is 2.43. The second-order valence-electron chi connectivity index (χ2n) is 11.8. The lowest BCUT2D eigenvalue weighted by Crippen LogP contribution is -2.55. The zero-order valence-corrected chi connectivity index (χ0v) is 23.5. The Balaban J connectivity index is 1.38. The van der Waals surface area contributed by atoms with Crippen LogP contribution in [0.3, 0.4) is 0 Å². The van der Waals surface area contributed by atoms with Gasteiger partial charge in [0.15, 0.2) is 0 Å². The number of halogens is 1. The summed E-state index contributed by atoms with van der Waals surface area (Å²) in [5, 5.41) is 6.11. The summed E-state index contributed by atoms with van der Waals surface area (Å²) in [6.45, 7) is 2.80. The largest absolute Gasteiger partial charge is 0.354 e. The summed E-state index contributed by atoms with van der Waals surface area (Å²) in [7, 11) is 3.82. The molecular formula is C29H41FN6O4. The second kappa shape index (κ2) is 12.2. The van der Waals surface area contributed by atoms with Crippen LogP contribution in [0.5, 0.6) is 0 Å². The molecule has 0 aromatic heterocycles. The van der Waals surface area contributed by atoms with Crippen molar-refractivity contribution < 1.29 is 23.6 Å². The van der Waals surface area contributed by atoms with Crippen molar-refractivity contribution in [2.75, 3.05) is 46.8 Å². The fourth-order valence-corrected chi connectivity index (χ4v) is 6.83. The Kier molecular flexibility index (Phi) is 8.70. The number of carbonyl (C=O) groups is 4. The standard InChI is InChI=1S/C29H41FN6O4/c1-33(2)24-5-3-13-31-26(37)25-17-21(18-36(25)28(39)19-7-9-20(30)10-8-19)32-27(38)23-6-4-14-35(23)22-11-15-34(16-12-22)29(24)40/h7-10,21-25H,3-6,11-18H2,1-2H3,(H,31,37)(H,32,38)/t21-,23-,24+,25+/m1/s1. The molecule has 10 nitrogen and oxygen atoms in total. The fourth-order valence-electron chi connectivity index (χ4n) is 6.83. The zero-order valence-electron chi connectivity index (χ0n) is 23.5. The van der Waals surface area contributed by atoms with Crippen LogP contribution in [0.15, 0.2) is 24.3 Å². The maximum atomic E-state index is 13.5. The topological polar surface area (TPSA) is 105 Å². The van der Waals surface area contributed by atoms with Gasteiger partial charge in [0, 0.05) is 43.8 Å². The number of piperidine rings is 1. The lowest BCUT2D eigenvalue weighted by molar-refractivity contribution is -0.138. The van der Waals surface area contributed by atoms with Crippen LogP contribution >= 0.6 is 0 Å². The van der Waals surface area contributed by atoms with Gasteiger partial charge in [0.2, 0.25) is 17.7 Å². The van der Waals surface area contributed by atoms with Crippen molar-refractivity contribution in [3.8, 4) is 0 Å². The van der Waals surface area contributed by atoms with E-state index in [1.165, 1.54) is 29.2 Å². The average molecular weight is 557 g/mol. The Bertz CT molecular complexity index is 1110. The van der Waals surface area contributed by atoms with E-state index in [0.717, 1.165) is 32.2 Å². The molecule has 218 valence electrons. The van der Waals surface area contributed by atoms with Crippen LogP contribution in [0.25, 0.3) is 0 Å². The highest BCUT2D eigenvalue weighted by Crippen LogP contribution is 2.28. The first-order chi connectivity index (χ1) is 19.2. The van der Waals surface area contributed by atoms with Gasteiger partial charge in [-0.3, -0.25) is 29.0 Å². The van der Waals surface area contributed by atoms with Gasteiger partial charge in [-0.1, -0.05) is 0 Å². The number of nitrogens with zero attached hydrogens (tertiary/aromatic N) is 4. The van der Waals surface area contributed by atoms with Crippen molar-refractivity contribution in [1.82, 2.24) is 30.2 Å². The van der Waals surface area contributed by atoms with Crippen molar-refractivity contribution in [3.63, 3.8) is 0 Å². The maximum absolute atomic E-state index is 13.5. The van der Waals surface area contributed by atoms with E-state index in [1.807, 2.05) is 23.9 Å². The van der Waals surface area contributed by atoms with Gasteiger partial charge in [0.1, 0.15) is 11.9 Å². The molecule has 4 atom stereocenters. The molecule has 0 unspecified atom stereocenters. The van der Waals surface area contributed by atoms with E-state index >= 15 is 0 Å². The minimum atomic E-state index is -0.755. The Morgan fingerprint density at radius 2 is 1.65 bits per heavy atom. The molecule has 5 fully saturated rings.